The highest BCUT2D eigenvalue weighted by atomic mass is 16.5. The van der Waals surface area contributed by atoms with Gasteiger partial charge in [-0.1, -0.05) is 30.3 Å². The minimum absolute atomic E-state index is 0.574. The minimum atomic E-state index is 0.574. The highest BCUT2D eigenvalue weighted by Gasteiger charge is 2.14. The molecule has 0 aliphatic carbocycles. The Balaban J connectivity index is 1.94. The smallest absolute Gasteiger partial charge is 0.162 e. The number of aromatic nitrogens is 2. The number of nitrogens with one attached hydrogen (secondary N) is 1. The van der Waals surface area contributed by atoms with Crippen LogP contribution in [0.2, 0.25) is 0 Å². The molecule has 4 aromatic rings. The number of hydrogen-bond donors (Lipinski definition) is 2. The van der Waals surface area contributed by atoms with Crippen LogP contribution in [0.1, 0.15) is 0 Å². The summed E-state index contributed by atoms with van der Waals surface area (Å²) in [4.78, 5) is 9.49. The van der Waals surface area contributed by atoms with Crippen molar-refractivity contribution in [3.8, 4) is 22.9 Å². The molecule has 6 nitrogen and oxygen atoms in total. The molecule has 0 unspecified atom stereocenters. The second-order valence-electron chi connectivity index (χ2n) is 6.24. The molecule has 3 N–H and O–H groups in total. The first-order chi connectivity index (χ1) is 13.7. The van der Waals surface area contributed by atoms with Gasteiger partial charge in [0.25, 0.3) is 0 Å². The summed E-state index contributed by atoms with van der Waals surface area (Å²) in [5, 5.41) is 4.21. The third-order valence-corrected chi connectivity index (χ3v) is 4.38. The lowest BCUT2D eigenvalue weighted by atomic mass is 10.1. The number of nitrogens with two attached hydrogens (primary N) is 1. The van der Waals surface area contributed by atoms with Gasteiger partial charge in [-0.05, 0) is 30.3 Å². The zero-order chi connectivity index (χ0) is 19.5. The molecule has 0 saturated heterocycles. The molecule has 4 rings (SSSR count). The van der Waals surface area contributed by atoms with E-state index in [2.05, 4.69) is 5.32 Å². The summed E-state index contributed by atoms with van der Waals surface area (Å²) in [7, 11) is 3.21. The van der Waals surface area contributed by atoms with Crippen molar-refractivity contribution in [3.63, 3.8) is 0 Å². The molecule has 0 amide bonds. The number of hydrogen-bond acceptors (Lipinski definition) is 6. The molecular formula is C22H20N4O2. The average Bonchev–Trinajstić information content (AvgIpc) is 2.73. The van der Waals surface area contributed by atoms with Gasteiger partial charge in [-0.25, -0.2) is 9.97 Å². The molecule has 0 spiro atoms. The van der Waals surface area contributed by atoms with E-state index in [1.165, 1.54) is 0 Å². The maximum Gasteiger partial charge on any atom is 0.162 e. The van der Waals surface area contributed by atoms with Gasteiger partial charge < -0.3 is 20.5 Å². The first kappa shape index (κ1) is 17.6. The average molecular weight is 372 g/mol. The number of anilines is 3. The lowest BCUT2D eigenvalue weighted by Gasteiger charge is -2.14. The second-order valence-corrected chi connectivity index (χ2v) is 6.24. The number of fused-ring (bicyclic) bond motifs is 1. The van der Waals surface area contributed by atoms with E-state index in [0.29, 0.717) is 28.8 Å². The summed E-state index contributed by atoms with van der Waals surface area (Å²) < 4.78 is 10.9. The van der Waals surface area contributed by atoms with Crippen molar-refractivity contribution in [2.75, 3.05) is 25.3 Å². The van der Waals surface area contributed by atoms with Crippen molar-refractivity contribution in [2.24, 2.45) is 0 Å². The van der Waals surface area contributed by atoms with Crippen molar-refractivity contribution < 1.29 is 9.47 Å². The van der Waals surface area contributed by atoms with Gasteiger partial charge in [0.05, 0.1) is 19.7 Å². The fourth-order valence-corrected chi connectivity index (χ4v) is 3.02. The molecule has 0 bridgehead atoms. The van der Waals surface area contributed by atoms with Gasteiger partial charge in [0.15, 0.2) is 17.3 Å². The number of para-hydroxylation sites is 1. The Morgan fingerprint density at radius 1 is 0.821 bits per heavy atom. The zero-order valence-corrected chi connectivity index (χ0v) is 15.6. The van der Waals surface area contributed by atoms with Crippen LogP contribution in [-0.4, -0.2) is 24.2 Å². The standard InChI is InChI=1S/C22H20N4O2/c1-27-19-12-17-18(13-20(19)28-2)25-21(14-7-6-8-15(23)11-14)26-22(17)24-16-9-4-3-5-10-16/h3-13H,23H2,1-2H3,(H,24,25,26). The molecule has 0 aliphatic heterocycles. The SMILES string of the molecule is COc1cc2nc(-c3cccc(N)c3)nc(Nc3ccccc3)c2cc1OC. The van der Waals surface area contributed by atoms with Crippen molar-refractivity contribution in [3.05, 3.63) is 66.7 Å². The van der Waals surface area contributed by atoms with Gasteiger partial charge in [-0.3, -0.25) is 0 Å². The van der Waals surface area contributed by atoms with Crippen molar-refractivity contribution in [1.82, 2.24) is 9.97 Å². The van der Waals surface area contributed by atoms with Gasteiger partial charge in [0, 0.05) is 28.4 Å². The van der Waals surface area contributed by atoms with E-state index in [-0.39, 0.29) is 0 Å². The van der Waals surface area contributed by atoms with Gasteiger partial charge in [-0.2, -0.15) is 0 Å². The second kappa shape index (κ2) is 7.44. The van der Waals surface area contributed by atoms with E-state index in [4.69, 9.17) is 25.2 Å². The topological polar surface area (TPSA) is 82.3 Å². The molecule has 3 aromatic carbocycles. The van der Waals surface area contributed by atoms with Gasteiger partial charge in [0.2, 0.25) is 0 Å². The zero-order valence-electron chi connectivity index (χ0n) is 15.6. The van der Waals surface area contributed by atoms with Crippen LogP contribution in [0.25, 0.3) is 22.3 Å². The van der Waals surface area contributed by atoms with Crippen LogP contribution in [0.15, 0.2) is 66.7 Å². The summed E-state index contributed by atoms with van der Waals surface area (Å²) in [6, 6.07) is 21.1. The summed E-state index contributed by atoms with van der Waals surface area (Å²) in [5.74, 6) is 2.48. The monoisotopic (exact) mass is 372 g/mol. The number of nitrogen functional groups attached to an aromatic ring is 1. The molecule has 140 valence electrons. The van der Waals surface area contributed by atoms with Crippen LogP contribution in [0.5, 0.6) is 11.5 Å². The molecule has 6 heteroatoms. The predicted molar refractivity (Wildman–Crippen MR) is 112 cm³/mol. The normalized spacial score (nSPS) is 10.6. The van der Waals surface area contributed by atoms with E-state index in [1.807, 2.05) is 66.7 Å². The molecule has 0 atom stereocenters. The maximum absolute atomic E-state index is 5.95. The third kappa shape index (κ3) is 3.40. The van der Waals surface area contributed by atoms with Crippen molar-refractivity contribution >= 4 is 28.1 Å². The van der Waals surface area contributed by atoms with Crippen molar-refractivity contribution in [1.29, 1.82) is 0 Å². The summed E-state index contributed by atoms with van der Waals surface area (Å²) >= 11 is 0. The van der Waals surface area contributed by atoms with Crippen LogP contribution < -0.4 is 20.5 Å². The summed E-state index contributed by atoms with van der Waals surface area (Å²) in [6.45, 7) is 0. The number of methoxy groups -OCH3 is 2. The Morgan fingerprint density at radius 3 is 2.29 bits per heavy atom. The van der Waals surface area contributed by atoms with Crippen molar-refractivity contribution in [2.45, 2.75) is 0 Å². The lowest BCUT2D eigenvalue weighted by Crippen LogP contribution is -2.01. The van der Waals surface area contributed by atoms with Crippen LogP contribution >= 0.6 is 0 Å². The number of nitrogens with zero attached hydrogens (tertiary/aromatic N) is 2. The minimum Gasteiger partial charge on any atom is -0.493 e. The van der Waals surface area contributed by atoms with Gasteiger partial charge in [0.1, 0.15) is 5.82 Å². The highest BCUT2D eigenvalue weighted by molar-refractivity contribution is 5.94. The molecule has 0 saturated carbocycles. The van der Waals surface area contributed by atoms with Gasteiger partial charge >= 0.3 is 0 Å². The maximum atomic E-state index is 5.95. The van der Waals surface area contributed by atoms with Crippen LogP contribution in [0.3, 0.4) is 0 Å². The Bertz CT molecular complexity index is 1130. The fraction of sp³-hybridized carbons (Fsp3) is 0.0909. The summed E-state index contributed by atoms with van der Waals surface area (Å²) in [5.41, 5.74) is 9.11. The summed E-state index contributed by atoms with van der Waals surface area (Å²) in [6.07, 6.45) is 0. The van der Waals surface area contributed by atoms with Crippen LogP contribution in [0, 0.1) is 0 Å². The molecule has 0 aliphatic rings. The molecule has 1 aromatic heterocycles. The number of rotatable bonds is 5. The first-order valence-corrected chi connectivity index (χ1v) is 8.79. The molecular weight excluding hydrogens is 352 g/mol. The molecule has 0 radical (unpaired) electrons. The van der Waals surface area contributed by atoms with E-state index in [0.717, 1.165) is 22.2 Å². The lowest BCUT2D eigenvalue weighted by molar-refractivity contribution is 0.356. The Hall–Kier alpha value is -3.80. The highest BCUT2D eigenvalue weighted by Crippen LogP contribution is 2.36. The quantitative estimate of drug-likeness (QED) is 0.497. The molecule has 1 heterocycles. The largest absolute Gasteiger partial charge is 0.493 e. The third-order valence-electron chi connectivity index (χ3n) is 4.38. The van der Waals surface area contributed by atoms with Crippen LogP contribution in [0.4, 0.5) is 17.2 Å². The van der Waals surface area contributed by atoms with Gasteiger partial charge in [-0.15, -0.1) is 0 Å². The van der Waals surface area contributed by atoms with E-state index in [9.17, 15) is 0 Å². The van der Waals surface area contributed by atoms with E-state index < -0.39 is 0 Å². The van der Waals surface area contributed by atoms with Crippen LogP contribution in [-0.2, 0) is 0 Å². The first-order valence-electron chi connectivity index (χ1n) is 8.79. The Morgan fingerprint density at radius 2 is 1.57 bits per heavy atom. The number of ether oxygens (including phenoxy) is 2. The predicted octanol–water partition coefficient (Wildman–Crippen LogP) is 4.64. The Kier molecular flexibility index (Phi) is 4.68. The number of benzene rings is 3. The molecule has 0 fully saturated rings. The van der Waals surface area contributed by atoms with E-state index >= 15 is 0 Å². The van der Waals surface area contributed by atoms with E-state index in [1.54, 1.807) is 14.2 Å². The molecule has 28 heavy (non-hydrogen) atoms. The fourth-order valence-electron chi connectivity index (χ4n) is 3.02. The Labute approximate surface area is 163 Å².